The molecule has 1 amide bonds. The molecule has 2 unspecified atom stereocenters. The van der Waals surface area contributed by atoms with Crippen molar-refractivity contribution in [2.45, 2.75) is 46.2 Å². The Morgan fingerprint density at radius 3 is 2.16 bits per heavy atom. The van der Waals surface area contributed by atoms with Crippen molar-refractivity contribution in [1.29, 1.82) is 0 Å². The molecule has 1 aliphatic rings. The normalized spacial score (nSPS) is 13.6. The summed E-state index contributed by atoms with van der Waals surface area (Å²) in [5, 5.41) is 19.0. The van der Waals surface area contributed by atoms with Gasteiger partial charge in [0, 0.05) is 43.1 Å². The lowest BCUT2D eigenvalue weighted by Gasteiger charge is -2.16. The molecule has 2 atom stereocenters. The van der Waals surface area contributed by atoms with Crippen LogP contribution in [0.3, 0.4) is 0 Å². The number of methoxy groups -OCH3 is 1. The zero-order valence-corrected chi connectivity index (χ0v) is 25.0. The van der Waals surface area contributed by atoms with Gasteiger partial charge in [-0.15, -0.1) is 17.8 Å². The van der Waals surface area contributed by atoms with Crippen molar-refractivity contribution >= 4 is 45.1 Å². The van der Waals surface area contributed by atoms with E-state index >= 15 is 0 Å². The van der Waals surface area contributed by atoms with Crippen molar-refractivity contribution in [1.82, 2.24) is 4.90 Å². The van der Waals surface area contributed by atoms with Crippen LogP contribution in [0, 0.1) is 24.2 Å². The molecule has 0 saturated heterocycles. The average molecular weight is 608 g/mol. The summed E-state index contributed by atoms with van der Waals surface area (Å²) in [5.74, 6) is 0.205. The van der Waals surface area contributed by atoms with Gasteiger partial charge in [-0.1, -0.05) is 19.8 Å². The quantitative estimate of drug-likeness (QED) is 0.147. The molecule has 3 aromatic rings. The fourth-order valence-electron chi connectivity index (χ4n) is 4.66. The van der Waals surface area contributed by atoms with Crippen LogP contribution in [0.15, 0.2) is 30.3 Å². The first-order chi connectivity index (χ1) is 20.5. The molecule has 0 spiro atoms. The van der Waals surface area contributed by atoms with E-state index in [9.17, 15) is 19.2 Å². The molecule has 2 heterocycles. The van der Waals surface area contributed by atoms with Gasteiger partial charge in [0.05, 0.1) is 42.6 Å². The highest BCUT2D eigenvalue weighted by Crippen LogP contribution is 2.37. The largest absolute Gasteiger partial charge is 0.493 e. The maximum absolute atomic E-state index is 12.6. The Morgan fingerprint density at radius 2 is 1.53 bits per heavy atom. The molecule has 43 heavy (non-hydrogen) atoms. The molecule has 10 nitrogen and oxygen atoms in total. The fourth-order valence-corrected chi connectivity index (χ4v) is 5.68. The number of benzene rings is 2. The highest BCUT2D eigenvalue weighted by atomic mass is 32.1. The average Bonchev–Trinajstić information content (AvgIpc) is 3.59. The number of nitrogens with zero attached hydrogens (tertiary/aromatic N) is 1. The summed E-state index contributed by atoms with van der Waals surface area (Å²) >= 11 is 1.28. The van der Waals surface area contributed by atoms with Gasteiger partial charge in [0.1, 0.15) is 5.75 Å². The number of amides is 1. The van der Waals surface area contributed by atoms with Gasteiger partial charge in [-0.05, 0) is 40.8 Å². The van der Waals surface area contributed by atoms with Crippen molar-refractivity contribution in [3.8, 4) is 29.6 Å². The third-order valence-electron chi connectivity index (χ3n) is 7.23. The molecule has 0 aliphatic carbocycles. The van der Waals surface area contributed by atoms with Crippen LogP contribution in [0.25, 0.3) is 10.1 Å². The predicted octanol–water partition coefficient (Wildman–Crippen LogP) is 4.99. The highest BCUT2D eigenvalue weighted by molar-refractivity contribution is 7.20. The van der Waals surface area contributed by atoms with E-state index in [0.717, 1.165) is 21.2 Å². The topological polar surface area (TPSA) is 140 Å². The van der Waals surface area contributed by atoms with Crippen LogP contribution in [0.1, 0.15) is 59.5 Å². The molecular formula is C32H33NO9S. The van der Waals surface area contributed by atoms with Gasteiger partial charge < -0.3 is 29.3 Å². The van der Waals surface area contributed by atoms with Crippen molar-refractivity contribution < 1.29 is 43.6 Å². The van der Waals surface area contributed by atoms with Crippen LogP contribution in [-0.2, 0) is 27.5 Å². The number of hydrogen-bond acceptors (Lipinski definition) is 8. The van der Waals surface area contributed by atoms with Gasteiger partial charge in [-0.3, -0.25) is 19.2 Å². The lowest BCUT2D eigenvalue weighted by Crippen LogP contribution is -2.28. The molecule has 2 aromatic carbocycles. The van der Waals surface area contributed by atoms with Crippen LogP contribution >= 0.6 is 11.3 Å². The summed E-state index contributed by atoms with van der Waals surface area (Å²) in [6, 6.07) is 9.00. The Bertz CT molecular complexity index is 1600. The lowest BCUT2D eigenvalue weighted by atomic mass is 10.0. The van der Waals surface area contributed by atoms with E-state index in [-0.39, 0.29) is 24.5 Å². The summed E-state index contributed by atoms with van der Waals surface area (Å²) in [7, 11) is 1.53. The van der Waals surface area contributed by atoms with Crippen molar-refractivity contribution in [2.24, 2.45) is 11.8 Å². The monoisotopic (exact) mass is 607 g/mol. The van der Waals surface area contributed by atoms with Crippen LogP contribution in [0.5, 0.6) is 17.2 Å². The second kappa shape index (κ2) is 13.6. The highest BCUT2D eigenvalue weighted by Gasteiger charge is 2.27. The van der Waals surface area contributed by atoms with E-state index in [2.05, 4.69) is 5.92 Å². The number of hydrogen-bond donors (Lipinski definition) is 2. The number of carboxylic acid groups (broad SMARTS) is 2. The Kier molecular flexibility index (Phi) is 9.93. The number of carboxylic acids is 2. The number of rotatable bonds is 14. The predicted molar refractivity (Wildman–Crippen MR) is 160 cm³/mol. The number of thiophene rings is 1. The van der Waals surface area contributed by atoms with E-state index in [0.29, 0.717) is 60.4 Å². The maximum atomic E-state index is 12.6. The minimum atomic E-state index is -1.01. The minimum absolute atomic E-state index is 0.0653. The maximum Gasteiger partial charge on any atom is 0.306 e. The molecular weight excluding hydrogens is 574 g/mol. The van der Waals surface area contributed by atoms with E-state index in [1.54, 1.807) is 23.1 Å². The summed E-state index contributed by atoms with van der Waals surface area (Å²) in [6.45, 7) is 4.38. The minimum Gasteiger partial charge on any atom is -0.493 e. The Hall–Kier alpha value is -4.56. The third kappa shape index (κ3) is 7.45. The van der Waals surface area contributed by atoms with E-state index in [1.165, 1.54) is 32.3 Å². The number of carbonyl (C=O) groups is 4. The second-order valence-corrected chi connectivity index (χ2v) is 11.6. The first-order valence-electron chi connectivity index (χ1n) is 13.8. The van der Waals surface area contributed by atoms with Gasteiger partial charge in [0.25, 0.3) is 0 Å². The number of ether oxygens (including phenoxy) is 3. The van der Waals surface area contributed by atoms with Crippen LogP contribution in [0.2, 0.25) is 0 Å². The molecule has 0 bridgehead atoms. The number of fused-ring (bicyclic) bond motifs is 2. The van der Waals surface area contributed by atoms with E-state index in [1.807, 2.05) is 12.1 Å². The van der Waals surface area contributed by atoms with Crippen LogP contribution in [0.4, 0.5) is 0 Å². The van der Waals surface area contributed by atoms with E-state index < -0.39 is 23.8 Å². The Balaban J connectivity index is 1.34. The van der Waals surface area contributed by atoms with Gasteiger partial charge >= 0.3 is 11.9 Å². The molecule has 0 saturated carbocycles. The zero-order valence-electron chi connectivity index (χ0n) is 24.2. The van der Waals surface area contributed by atoms with E-state index in [4.69, 9.17) is 30.8 Å². The molecule has 0 radical (unpaired) electrons. The van der Waals surface area contributed by atoms with Gasteiger partial charge in [-0.25, -0.2) is 0 Å². The Labute approximate surface area is 253 Å². The SMILES string of the molecule is C#Cc1cc2c(cc1OCCCOc1cc3cc(C(=O)CC(C)C(=O)O)sc3cc1OC)CN(C(=O)CC(C)C(=O)O)C2. The first-order valence-corrected chi connectivity index (χ1v) is 14.6. The number of ketones is 1. The van der Waals surface area contributed by atoms with Crippen molar-refractivity contribution in [3.05, 3.63) is 51.9 Å². The zero-order chi connectivity index (χ0) is 31.3. The summed E-state index contributed by atoms with van der Waals surface area (Å²) < 4.78 is 18.3. The molecule has 0 fully saturated rings. The number of aliphatic carboxylic acids is 2. The van der Waals surface area contributed by atoms with Gasteiger partial charge in [0.2, 0.25) is 5.91 Å². The molecule has 11 heteroatoms. The fraction of sp³-hybridized carbons (Fsp3) is 0.375. The Morgan fingerprint density at radius 1 is 0.907 bits per heavy atom. The molecule has 1 aliphatic heterocycles. The van der Waals surface area contributed by atoms with Gasteiger partial charge in [0.15, 0.2) is 17.3 Å². The smallest absolute Gasteiger partial charge is 0.306 e. The first kappa shape index (κ1) is 31.4. The van der Waals surface area contributed by atoms with Crippen LogP contribution in [-0.4, -0.2) is 59.1 Å². The molecule has 226 valence electrons. The summed E-state index contributed by atoms with van der Waals surface area (Å²) in [5.41, 5.74) is 2.39. The van der Waals surface area contributed by atoms with Crippen molar-refractivity contribution in [2.75, 3.05) is 20.3 Å². The third-order valence-corrected chi connectivity index (χ3v) is 8.37. The number of carbonyl (C=O) groups excluding carboxylic acids is 2. The second-order valence-electron chi connectivity index (χ2n) is 10.5. The number of terminal acetylenes is 1. The summed E-state index contributed by atoms with van der Waals surface area (Å²) in [6.07, 6.45) is 6.11. The summed E-state index contributed by atoms with van der Waals surface area (Å²) in [4.78, 5) is 49.5. The standard InChI is InChI=1S/C32H33NO9S/c1-5-20-11-22-16-33(30(35)10-19(3)32(38)39)17-23(22)13-25(20)41-7-6-8-42-27-12-21-14-29(24(34)9-18(2)31(36)37)43-28(21)15-26(27)40-4/h1,11-15,18-19H,6-10,16-17H2,2-4H3,(H,36,37)(H,38,39). The molecule has 2 N–H and O–H groups in total. The molecule has 4 rings (SSSR count). The van der Waals surface area contributed by atoms with Crippen LogP contribution < -0.4 is 14.2 Å². The lowest BCUT2D eigenvalue weighted by molar-refractivity contribution is -0.145. The van der Waals surface area contributed by atoms with Crippen molar-refractivity contribution in [3.63, 3.8) is 0 Å². The van der Waals surface area contributed by atoms with Gasteiger partial charge in [-0.2, -0.15) is 0 Å². The molecule has 1 aromatic heterocycles. The number of Topliss-reactive ketones (excluding diaryl/α,β-unsaturated/α-hetero) is 1.